The van der Waals surface area contributed by atoms with E-state index in [1.807, 2.05) is 30.3 Å². The highest BCUT2D eigenvalue weighted by Gasteiger charge is 2.08. The van der Waals surface area contributed by atoms with E-state index in [0.29, 0.717) is 6.04 Å². The molecule has 4 heteroatoms. The second kappa shape index (κ2) is 7.43. The van der Waals surface area contributed by atoms with Crippen molar-refractivity contribution in [2.75, 3.05) is 0 Å². The number of hydrogen-bond acceptors (Lipinski definition) is 2. The van der Waals surface area contributed by atoms with Gasteiger partial charge in [-0.25, -0.2) is 0 Å². The maximum Gasteiger partial charge on any atom is 0.133 e. The van der Waals surface area contributed by atoms with Crippen LogP contribution in [-0.2, 0) is 6.54 Å². The molecule has 1 N–H and O–H groups in total. The van der Waals surface area contributed by atoms with Gasteiger partial charge in [-0.1, -0.05) is 51.8 Å². The van der Waals surface area contributed by atoms with E-state index in [0.717, 1.165) is 38.1 Å². The Labute approximate surface area is 143 Å². The Bertz CT molecular complexity index is 626. The molecular weight excluding hydrogens is 394 g/mol. The van der Waals surface area contributed by atoms with Gasteiger partial charge in [-0.3, -0.25) is 0 Å². The Kier molecular flexibility index (Phi) is 5.85. The highest BCUT2D eigenvalue weighted by Crippen LogP contribution is 2.30. The molecule has 0 heterocycles. The van der Waals surface area contributed by atoms with Crippen molar-refractivity contribution >= 4 is 31.9 Å². The van der Waals surface area contributed by atoms with Gasteiger partial charge in [0.05, 0.1) is 0 Å². The first kappa shape index (κ1) is 16.5. The summed E-state index contributed by atoms with van der Waals surface area (Å²) >= 11 is 7.02. The molecule has 0 unspecified atom stereocenters. The molecule has 2 aromatic carbocycles. The van der Waals surface area contributed by atoms with Crippen LogP contribution in [0.4, 0.5) is 0 Å². The zero-order valence-corrected chi connectivity index (χ0v) is 15.6. The van der Waals surface area contributed by atoms with Gasteiger partial charge in [0.1, 0.15) is 11.5 Å². The van der Waals surface area contributed by atoms with Gasteiger partial charge in [0.15, 0.2) is 0 Å². The van der Waals surface area contributed by atoms with Crippen molar-refractivity contribution in [1.29, 1.82) is 0 Å². The smallest absolute Gasteiger partial charge is 0.133 e. The van der Waals surface area contributed by atoms with E-state index in [-0.39, 0.29) is 0 Å². The third-order valence-corrected chi connectivity index (χ3v) is 4.47. The van der Waals surface area contributed by atoms with E-state index in [9.17, 15) is 0 Å². The molecule has 21 heavy (non-hydrogen) atoms. The molecule has 0 bridgehead atoms. The summed E-state index contributed by atoms with van der Waals surface area (Å²) in [5.41, 5.74) is 2.30. The van der Waals surface area contributed by atoms with Gasteiger partial charge < -0.3 is 10.1 Å². The van der Waals surface area contributed by atoms with Gasteiger partial charge in [-0.2, -0.15) is 0 Å². The molecule has 0 atom stereocenters. The van der Waals surface area contributed by atoms with Crippen LogP contribution in [0.3, 0.4) is 0 Å². The Morgan fingerprint density at radius 2 is 1.86 bits per heavy atom. The van der Waals surface area contributed by atoms with Crippen molar-refractivity contribution < 1.29 is 4.74 Å². The van der Waals surface area contributed by atoms with E-state index < -0.39 is 0 Å². The molecule has 0 amide bonds. The first-order valence-electron chi connectivity index (χ1n) is 6.91. The normalized spacial score (nSPS) is 11.0. The summed E-state index contributed by atoms with van der Waals surface area (Å²) in [6.07, 6.45) is 0. The van der Waals surface area contributed by atoms with E-state index in [2.05, 4.69) is 64.0 Å². The molecule has 0 aliphatic rings. The van der Waals surface area contributed by atoms with Crippen LogP contribution in [0.25, 0.3) is 0 Å². The van der Waals surface area contributed by atoms with Crippen LogP contribution in [-0.4, -0.2) is 6.04 Å². The molecule has 0 spiro atoms. The van der Waals surface area contributed by atoms with Gasteiger partial charge in [0.25, 0.3) is 0 Å². The molecule has 2 rings (SSSR count). The summed E-state index contributed by atoms with van der Waals surface area (Å²) in [5.74, 6) is 1.72. The Hall–Kier alpha value is -0.840. The Morgan fingerprint density at radius 1 is 1.10 bits per heavy atom. The minimum absolute atomic E-state index is 0.441. The van der Waals surface area contributed by atoms with Crippen LogP contribution in [0.2, 0.25) is 0 Å². The standard InChI is InChI=1S/C17H19Br2NO/c1-11(2)20-10-13-4-5-14(18)9-17(13)21-15-6-7-16(19)12(3)8-15/h4-9,11,20H,10H2,1-3H3. The molecule has 112 valence electrons. The van der Waals surface area contributed by atoms with Crippen LogP contribution in [0, 0.1) is 6.92 Å². The number of rotatable bonds is 5. The lowest BCUT2D eigenvalue weighted by atomic mass is 10.2. The maximum absolute atomic E-state index is 6.07. The molecule has 0 radical (unpaired) electrons. The fraction of sp³-hybridized carbons (Fsp3) is 0.294. The third kappa shape index (κ3) is 4.83. The fourth-order valence-electron chi connectivity index (χ4n) is 1.89. The van der Waals surface area contributed by atoms with Crippen molar-refractivity contribution in [2.45, 2.75) is 33.4 Å². The topological polar surface area (TPSA) is 21.3 Å². The van der Waals surface area contributed by atoms with Crippen LogP contribution in [0.15, 0.2) is 45.3 Å². The van der Waals surface area contributed by atoms with E-state index in [1.54, 1.807) is 0 Å². The summed E-state index contributed by atoms with van der Waals surface area (Å²) in [4.78, 5) is 0. The number of ether oxygens (including phenoxy) is 1. The number of halogens is 2. The second-order valence-electron chi connectivity index (χ2n) is 5.30. The highest BCUT2D eigenvalue weighted by atomic mass is 79.9. The zero-order valence-electron chi connectivity index (χ0n) is 12.4. The van der Waals surface area contributed by atoms with E-state index in [4.69, 9.17) is 4.74 Å². The molecule has 2 nitrogen and oxygen atoms in total. The molecule has 0 saturated heterocycles. The predicted octanol–water partition coefficient (Wildman–Crippen LogP) is 5.81. The van der Waals surface area contributed by atoms with Crippen molar-refractivity contribution in [2.24, 2.45) is 0 Å². The van der Waals surface area contributed by atoms with Gasteiger partial charge in [0, 0.05) is 27.1 Å². The average molecular weight is 413 g/mol. The van der Waals surface area contributed by atoms with E-state index in [1.165, 1.54) is 0 Å². The van der Waals surface area contributed by atoms with Crippen LogP contribution in [0.5, 0.6) is 11.5 Å². The predicted molar refractivity (Wildman–Crippen MR) is 95.1 cm³/mol. The SMILES string of the molecule is Cc1cc(Oc2cc(Br)ccc2CNC(C)C)ccc1Br. The van der Waals surface area contributed by atoms with Gasteiger partial charge in [-0.05, 0) is 42.8 Å². The lowest BCUT2D eigenvalue weighted by Gasteiger charge is -2.14. The van der Waals surface area contributed by atoms with Crippen LogP contribution < -0.4 is 10.1 Å². The van der Waals surface area contributed by atoms with Crippen molar-refractivity contribution in [1.82, 2.24) is 5.32 Å². The number of nitrogens with one attached hydrogen (secondary N) is 1. The van der Waals surface area contributed by atoms with Gasteiger partial charge >= 0.3 is 0 Å². The second-order valence-corrected chi connectivity index (χ2v) is 7.07. The number of aryl methyl sites for hydroxylation is 1. The third-order valence-electron chi connectivity index (χ3n) is 3.09. The molecular formula is C17H19Br2NO. The number of benzene rings is 2. The molecule has 0 fully saturated rings. The minimum atomic E-state index is 0.441. The van der Waals surface area contributed by atoms with Crippen LogP contribution >= 0.6 is 31.9 Å². The molecule has 0 saturated carbocycles. The van der Waals surface area contributed by atoms with Crippen LogP contribution in [0.1, 0.15) is 25.0 Å². The average Bonchev–Trinajstić information content (AvgIpc) is 2.42. The lowest BCUT2D eigenvalue weighted by molar-refractivity contribution is 0.468. The first-order valence-corrected chi connectivity index (χ1v) is 8.50. The van der Waals surface area contributed by atoms with Crippen molar-refractivity contribution in [3.05, 3.63) is 56.5 Å². The van der Waals surface area contributed by atoms with Crippen molar-refractivity contribution in [3.8, 4) is 11.5 Å². The lowest BCUT2D eigenvalue weighted by Crippen LogP contribution is -2.22. The fourth-order valence-corrected chi connectivity index (χ4v) is 2.48. The van der Waals surface area contributed by atoms with Gasteiger partial charge in [-0.15, -0.1) is 0 Å². The first-order chi connectivity index (χ1) is 9.95. The largest absolute Gasteiger partial charge is 0.457 e. The summed E-state index contributed by atoms with van der Waals surface area (Å²) in [7, 11) is 0. The summed E-state index contributed by atoms with van der Waals surface area (Å²) in [6, 6.07) is 12.6. The zero-order chi connectivity index (χ0) is 15.4. The molecule has 0 aliphatic carbocycles. The van der Waals surface area contributed by atoms with Crippen molar-refractivity contribution in [3.63, 3.8) is 0 Å². The highest BCUT2D eigenvalue weighted by molar-refractivity contribution is 9.10. The minimum Gasteiger partial charge on any atom is -0.457 e. The molecule has 2 aromatic rings. The summed E-state index contributed by atoms with van der Waals surface area (Å²) in [6.45, 7) is 7.11. The summed E-state index contributed by atoms with van der Waals surface area (Å²) in [5, 5.41) is 3.43. The van der Waals surface area contributed by atoms with Gasteiger partial charge in [0.2, 0.25) is 0 Å². The quantitative estimate of drug-likeness (QED) is 0.668. The molecule has 0 aromatic heterocycles. The maximum atomic E-state index is 6.07. The number of hydrogen-bond donors (Lipinski definition) is 1. The Morgan fingerprint density at radius 3 is 2.52 bits per heavy atom. The monoisotopic (exact) mass is 411 g/mol. The summed E-state index contributed by atoms with van der Waals surface area (Å²) < 4.78 is 8.17. The molecule has 0 aliphatic heterocycles. The van der Waals surface area contributed by atoms with E-state index >= 15 is 0 Å². The Balaban J connectivity index is 2.24.